The highest BCUT2D eigenvalue weighted by Gasteiger charge is 2.15. The molecular formula is C15H11Cl3O2. The molecular weight excluding hydrogens is 319 g/mol. The van der Waals surface area contributed by atoms with Crippen molar-refractivity contribution in [1.82, 2.24) is 0 Å². The molecule has 0 aromatic heterocycles. The molecule has 0 saturated heterocycles. The smallest absolute Gasteiger partial charge is 0.194 e. The predicted molar refractivity (Wildman–Crippen MR) is 83.1 cm³/mol. The molecule has 0 spiro atoms. The number of halogens is 3. The molecule has 0 unspecified atom stereocenters. The van der Waals surface area contributed by atoms with E-state index in [1.807, 2.05) is 6.07 Å². The summed E-state index contributed by atoms with van der Waals surface area (Å²) in [4.78, 5) is 21.0. The van der Waals surface area contributed by atoms with Crippen LogP contribution in [0, 0.1) is 0 Å². The topological polar surface area (TPSA) is 34.1 Å². The van der Waals surface area contributed by atoms with Gasteiger partial charge < -0.3 is 4.79 Å². The lowest BCUT2D eigenvalue weighted by atomic mass is 10.0. The Kier molecular flexibility index (Phi) is 6.73. The first-order valence-electron chi connectivity index (χ1n) is 5.65. The minimum Gasteiger partial charge on any atom is -0.304 e. The predicted octanol–water partition coefficient (Wildman–Crippen LogP) is 5.08. The van der Waals surface area contributed by atoms with Crippen molar-refractivity contribution >= 4 is 46.9 Å². The summed E-state index contributed by atoms with van der Waals surface area (Å²) >= 11 is 17.7. The van der Waals surface area contributed by atoms with Gasteiger partial charge >= 0.3 is 0 Å². The number of hydrogen-bond donors (Lipinski definition) is 0. The summed E-state index contributed by atoms with van der Waals surface area (Å²) in [7, 11) is 0. The summed E-state index contributed by atoms with van der Waals surface area (Å²) in [5, 5.41) is 0.891. The number of carbonyl (C=O) groups excluding carboxylic acids is 2. The average Bonchev–Trinajstić information content (AvgIpc) is 2.44. The zero-order valence-electron chi connectivity index (χ0n) is 10.6. The first-order chi connectivity index (χ1) is 9.51. The summed E-state index contributed by atoms with van der Waals surface area (Å²) in [5.41, 5.74) is 0.864. The van der Waals surface area contributed by atoms with Crippen molar-refractivity contribution in [3.63, 3.8) is 0 Å². The third-order valence-corrected chi connectivity index (χ3v) is 3.29. The molecule has 0 fully saturated rings. The number of carbonyl (C=O) groups is 2. The zero-order valence-corrected chi connectivity index (χ0v) is 12.8. The lowest BCUT2D eigenvalue weighted by molar-refractivity contribution is -0.106. The van der Waals surface area contributed by atoms with Crippen LogP contribution in [-0.4, -0.2) is 12.1 Å². The summed E-state index contributed by atoms with van der Waals surface area (Å²) < 4.78 is 0. The summed E-state index contributed by atoms with van der Waals surface area (Å²) in [5.74, 6) is -0.194. The molecule has 5 heteroatoms. The Labute approximate surface area is 132 Å². The van der Waals surface area contributed by atoms with Crippen molar-refractivity contribution < 1.29 is 9.59 Å². The van der Waals surface area contributed by atoms with Gasteiger partial charge in [-0.25, -0.2) is 0 Å². The Balaban J connectivity index is 0.000000612. The third kappa shape index (κ3) is 4.34. The molecule has 2 nitrogen and oxygen atoms in total. The highest BCUT2D eigenvalue weighted by atomic mass is 35.5. The van der Waals surface area contributed by atoms with Gasteiger partial charge in [-0.1, -0.05) is 65.1 Å². The van der Waals surface area contributed by atoms with Crippen LogP contribution in [0.2, 0.25) is 15.1 Å². The lowest BCUT2D eigenvalue weighted by Crippen LogP contribution is -2.02. The highest BCUT2D eigenvalue weighted by Crippen LogP contribution is 2.31. The standard InChI is InChI=1S/C13H7Cl3O.C2H4O/c14-9-6-10(12(16)11(15)7-9)13(17)8-4-2-1-3-5-8;1-2-3/h1-7H;2H,1H3. The molecule has 0 bridgehead atoms. The third-order valence-electron chi connectivity index (χ3n) is 2.27. The summed E-state index contributed by atoms with van der Waals surface area (Å²) in [6.07, 6.45) is 0.750. The Morgan fingerprint density at radius 1 is 1.05 bits per heavy atom. The van der Waals surface area contributed by atoms with Crippen LogP contribution >= 0.6 is 34.8 Å². The first-order valence-corrected chi connectivity index (χ1v) is 6.78. The van der Waals surface area contributed by atoms with Gasteiger partial charge in [0.05, 0.1) is 10.0 Å². The van der Waals surface area contributed by atoms with E-state index < -0.39 is 0 Å². The van der Waals surface area contributed by atoms with Gasteiger partial charge in [0, 0.05) is 16.1 Å². The van der Waals surface area contributed by atoms with E-state index in [9.17, 15) is 4.79 Å². The Bertz CT molecular complexity index is 610. The number of hydrogen-bond acceptors (Lipinski definition) is 2. The maximum atomic E-state index is 12.2. The SMILES string of the molecule is CC=O.O=C(c1ccccc1)c1cc(Cl)cc(Cl)c1Cl. The molecule has 0 amide bonds. The van der Waals surface area contributed by atoms with Crippen molar-refractivity contribution in [2.45, 2.75) is 6.92 Å². The first kappa shape index (κ1) is 16.7. The molecule has 0 heterocycles. The minimum absolute atomic E-state index is 0.194. The molecule has 2 aromatic carbocycles. The zero-order chi connectivity index (χ0) is 15.1. The fourth-order valence-corrected chi connectivity index (χ4v) is 2.15. The van der Waals surface area contributed by atoms with Crippen LogP contribution in [0.3, 0.4) is 0 Å². The second-order valence-corrected chi connectivity index (χ2v) is 4.90. The largest absolute Gasteiger partial charge is 0.304 e. The summed E-state index contributed by atoms with van der Waals surface area (Å²) in [6.45, 7) is 1.44. The second kappa shape index (κ2) is 8.05. The molecule has 0 aliphatic carbocycles. The van der Waals surface area contributed by atoms with E-state index in [2.05, 4.69) is 0 Å². The fourth-order valence-electron chi connectivity index (χ4n) is 1.47. The number of rotatable bonds is 2. The monoisotopic (exact) mass is 328 g/mol. The molecule has 0 aliphatic heterocycles. The van der Waals surface area contributed by atoms with Gasteiger partial charge in [0.2, 0.25) is 0 Å². The van der Waals surface area contributed by atoms with E-state index >= 15 is 0 Å². The van der Waals surface area contributed by atoms with E-state index in [4.69, 9.17) is 39.6 Å². The molecule has 2 rings (SSSR count). The van der Waals surface area contributed by atoms with E-state index in [0.717, 1.165) is 6.29 Å². The van der Waals surface area contributed by atoms with Gasteiger partial charge in [-0.2, -0.15) is 0 Å². The quantitative estimate of drug-likeness (QED) is 0.437. The van der Waals surface area contributed by atoms with E-state index in [1.54, 1.807) is 24.3 Å². The van der Waals surface area contributed by atoms with Gasteiger partial charge in [-0.3, -0.25) is 4.79 Å². The molecule has 20 heavy (non-hydrogen) atoms. The molecule has 0 saturated carbocycles. The van der Waals surface area contributed by atoms with Gasteiger partial charge in [0.15, 0.2) is 5.78 Å². The Hall–Kier alpha value is -1.35. The van der Waals surface area contributed by atoms with Crippen molar-refractivity contribution in [1.29, 1.82) is 0 Å². The van der Waals surface area contributed by atoms with Gasteiger partial charge in [0.1, 0.15) is 6.29 Å². The van der Waals surface area contributed by atoms with Crippen LogP contribution in [0.15, 0.2) is 42.5 Å². The van der Waals surface area contributed by atoms with Crippen LogP contribution in [0.4, 0.5) is 0 Å². The van der Waals surface area contributed by atoms with E-state index in [0.29, 0.717) is 16.1 Å². The fraction of sp³-hybridized carbons (Fsp3) is 0.0667. The van der Waals surface area contributed by atoms with Gasteiger partial charge in [-0.05, 0) is 19.1 Å². The van der Waals surface area contributed by atoms with Crippen molar-refractivity contribution in [2.75, 3.05) is 0 Å². The Morgan fingerprint density at radius 2 is 1.60 bits per heavy atom. The number of aldehydes is 1. The average molecular weight is 330 g/mol. The van der Waals surface area contributed by atoms with Crippen molar-refractivity contribution in [2.24, 2.45) is 0 Å². The molecule has 0 radical (unpaired) electrons. The normalized spacial score (nSPS) is 9.40. The van der Waals surface area contributed by atoms with Crippen LogP contribution in [0.25, 0.3) is 0 Å². The summed E-state index contributed by atoms with van der Waals surface area (Å²) in [6, 6.07) is 11.9. The lowest BCUT2D eigenvalue weighted by Gasteiger charge is -2.06. The van der Waals surface area contributed by atoms with E-state index in [-0.39, 0.29) is 15.8 Å². The maximum absolute atomic E-state index is 12.2. The minimum atomic E-state index is -0.194. The molecule has 2 aromatic rings. The molecule has 0 aliphatic rings. The van der Waals surface area contributed by atoms with Crippen LogP contribution in [-0.2, 0) is 4.79 Å². The van der Waals surface area contributed by atoms with Crippen molar-refractivity contribution in [3.8, 4) is 0 Å². The molecule has 0 N–H and O–H groups in total. The Morgan fingerprint density at radius 3 is 2.15 bits per heavy atom. The van der Waals surface area contributed by atoms with Gasteiger partial charge in [-0.15, -0.1) is 0 Å². The second-order valence-electron chi connectivity index (χ2n) is 3.68. The number of benzene rings is 2. The van der Waals surface area contributed by atoms with Crippen LogP contribution in [0.5, 0.6) is 0 Å². The highest BCUT2D eigenvalue weighted by molar-refractivity contribution is 6.45. The van der Waals surface area contributed by atoms with Crippen LogP contribution < -0.4 is 0 Å². The number of ketones is 1. The maximum Gasteiger partial charge on any atom is 0.194 e. The molecule has 104 valence electrons. The van der Waals surface area contributed by atoms with Crippen LogP contribution in [0.1, 0.15) is 22.8 Å². The van der Waals surface area contributed by atoms with Gasteiger partial charge in [0.25, 0.3) is 0 Å². The molecule has 0 atom stereocenters. The van der Waals surface area contributed by atoms with Crippen molar-refractivity contribution in [3.05, 3.63) is 68.7 Å². The van der Waals surface area contributed by atoms with E-state index in [1.165, 1.54) is 19.1 Å².